The van der Waals surface area contributed by atoms with Crippen molar-refractivity contribution in [3.63, 3.8) is 0 Å². The zero-order valence-electron chi connectivity index (χ0n) is 4.35. The maximum absolute atomic E-state index is 10.4. The van der Waals surface area contributed by atoms with Gasteiger partial charge in [0, 0.05) is 0 Å². The molecule has 1 fully saturated rings. The van der Waals surface area contributed by atoms with Crippen LogP contribution in [-0.2, 0) is 4.79 Å². The maximum atomic E-state index is 10.4. The molecule has 0 aromatic carbocycles. The van der Waals surface area contributed by atoms with Gasteiger partial charge in [0.1, 0.15) is 0 Å². The van der Waals surface area contributed by atoms with Gasteiger partial charge in [-0.15, -0.1) is 0 Å². The summed E-state index contributed by atoms with van der Waals surface area (Å²) in [5, 5.41) is 11.3. The molecule has 0 radical (unpaired) electrons. The largest absolute Gasteiger partial charge is 0.374 e. The summed E-state index contributed by atoms with van der Waals surface area (Å²) in [7, 11) is 0. The van der Waals surface area contributed by atoms with Crippen LogP contribution >= 0.6 is 0 Å². The summed E-state index contributed by atoms with van der Waals surface area (Å²) in [4.78, 5) is 10.4. The minimum Gasteiger partial charge on any atom is -0.374 e. The zero-order chi connectivity index (χ0) is 6.20. The molecule has 1 heterocycles. The quantitative estimate of drug-likeness (QED) is 0.339. The lowest BCUT2D eigenvalue weighted by Crippen LogP contribution is -2.63. The molecule has 0 aliphatic carbocycles. The van der Waals surface area contributed by atoms with Crippen LogP contribution in [0.15, 0.2) is 12.7 Å². The second kappa shape index (κ2) is 1.32. The van der Waals surface area contributed by atoms with Gasteiger partial charge in [0.25, 0.3) is 5.91 Å². The van der Waals surface area contributed by atoms with Crippen LogP contribution in [0.4, 0.5) is 0 Å². The smallest absolute Gasteiger partial charge is 0.257 e. The van der Waals surface area contributed by atoms with Crippen molar-refractivity contribution in [2.45, 2.75) is 5.60 Å². The molecule has 1 saturated heterocycles. The normalized spacial score (nSPS) is 35.4. The first-order chi connectivity index (χ1) is 3.69. The lowest BCUT2D eigenvalue weighted by atomic mass is 9.97. The standard InChI is InChI=1S/C5H7NO2/c1-2-5(8)3-6-4(5)7/h2,8H,1,3H2,(H,6,7). The van der Waals surface area contributed by atoms with Gasteiger partial charge in [0.2, 0.25) is 0 Å². The number of β-lactam (4-membered cyclic amide) rings is 1. The summed E-state index contributed by atoms with van der Waals surface area (Å²) in [6, 6.07) is 0. The molecule has 1 amide bonds. The number of nitrogens with one attached hydrogen (secondary N) is 1. The molecule has 0 saturated carbocycles. The number of carbonyl (C=O) groups excluding carboxylic acids is 1. The Labute approximate surface area is 47.0 Å². The van der Waals surface area contributed by atoms with Crippen LogP contribution in [0.2, 0.25) is 0 Å². The number of hydrogen-bond acceptors (Lipinski definition) is 2. The van der Waals surface area contributed by atoms with E-state index in [-0.39, 0.29) is 5.91 Å². The van der Waals surface area contributed by atoms with Crippen LogP contribution in [0.1, 0.15) is 0 Å². The summed E-state index contributed by atoms with van der Waals surface area (Å²) in [5.74, 6) is -0.354. The average molecular weight is 113 g/mol. The number of rotatable bonds is 1. The SMILES string of the molecule is C=CC1(O)CNC1=O. The van der Waals surface area contributed by atoms with E-state index in [4.69, 9.17) is 5.11 Å². The van der Waals surface area contributed by atoms with Crippen molar-refractivity contribution in [2.75, 3.05) is 6.54 Å². The van der Waals surface area contributed by atoms with Crippen LogP contribution in [0, 0.1) is 0 Å². The predicted molar refractivity (Wildman–Crippen MR) is 28.2 cm³/mol. The predicted octanol–water partition coefficient (Wildman–Crippen LogP) is -0.967. The molecule has 3 nitrogen and oxygen atoms in total. The Balaban J connectivity index is 2.68. The highest BCUT2D eigenvalue weighted by Crippen LogP contribution is 2.11. The van der Waals surface area contributed by atoms with Crippen molar-refractivity contribution in [1.82, 2.24) is 5.32 Å². The third kappa shape index (κ3) is 0.448. The summed E-state index contributed by atoms with van der Waals surface area (Å²) in [6.45, 7) is 3.59. The minimum absolute atomic E-state index is 0.301. The van der Waals surface area contributed by atoms with Crippen molar-refractivity contribution >= 4 is 5.91 Å². The Morgan fingerprint density at radius 3 is 2.62 bits per heavy atom. The number of carbonyl (C=O) groups is 1. The van der Waals surface area contributed by atoms with E-state index in [1.165, 1.54) is 6.08 Å². The lowest BCUT2D eigenvalue weighted by molar-refractivity contribution is -0.145. The number of aliphatic hydroxyl groups is 1. The van der Waals surface area contributed by atoms with Gasteiger partial charge in [0.05, 0.1) is 6.54 Å². The fourth-order valence-electron chi connectivity index (χ4n) is 0.507. The molecule has 1 unspecified atom stereocenters. The van der Waals surface area contributed by atoms with Crippen molar-refractivity contribution in [1.29, 1.82) is 0 Å². The molecule has 0 bridgehead atoms. The van der Waals surface area contributed by atoms with Gasteiger partial charge in [-0.2, -0.15) is 0 Å². The maximum Gasteiger partial charge on any atom is 0.257 e. The molecule has 2 N–H and O–H groups in total. The monoisotopic (exact) mass is 113 g/mol. The van der Waals surface area contributed by atoms with E-state index in [0.717, 1.165) is 0 Å². The van der Waals surface area contributed by atoms with Crippen LogP contribution in [0.5, 0.6) is 0 Å². The highest BCUT2D eigenvalue weighted by Gasteiger charge is 2.41. The molecular weight excluding hydrogens is 106 g/mol. The first-order valence-corrected chi connectivity index (χ1v) is 2.33. The molecule has 44 valence electrons. The summed E-state index contributed by atoms with van der Waals surface area (Å²) in [6.07, 6.45) is 1.24. The van der Waals surface area contributed by atoms with Crippen molar-refractivity contribution in [3.8, 4) is 0 Å². The van der Waals surface area contributed by atoms with Gasteiger partial charge in [-0.3, -0.25) is 4.79 Å². The first kappa shape index (κ1) is 5.31. The van der Waals surface area contributed by atoms with E-state index >= 15 is 0 Å². The zero-order valence-corrected chi connectivity index (χ0v) is 4.35. The molecule has 1 aliphatic heterocycles. The Bertz CT molecular complexity index is 143. The highest BCUT2D eigenvalue weighted by molar-refractivity contribution is 5.93. The summed E-state index contributed by atoms with van der Waals surface area (Å²) in [5.41, 5.74) is -1.26. The van der Waals surface area contributed by atoms with Gasteiger partial charge in [-0.25, -0.2) is 0 Å². The molecule has 0 aromatic heterocycles. The van der Waals surface area contributed by atoms with Crippen LogP contribution in [0.3, 0.4) is 0 Å². The molecule has 3 heteroatoms. The van der Waals surface area contributed by atoms with Crippen LogP contribution in [0.25, 0.3) is 0 Å². The molecule has 1 rings (SSSR count). The second-order valence-electron chi connectivity index (χ2n) is 1.81. The highest BCUT2D eigenvalue weighted by atomic mass is 16.3. The molecule has 0 aromatic rings. The number of β-amino-alcohol motifs (C(OH)–C–C–N with tert-alkyl or cyclic N) is 1. The van der Waals surface area contributed by atoms with E-state index in [0.29, 0.717) is 6.54 Å². The van der Waals surface area contributed by atoms with Gasteiger partial charge < -0.3 is 10.4 Å². The van der Waals surface area contributed by atoms with Gasteiger partial charge in [-0.1, -0.05) is 6.58 Å². The lowest BCUT2D eigenvalue weighted by Gasteiger charge is -2.32. The van der Waals surface area contributed by atoms with Crippen molar-refractivity contribution in [3.05, 3.63) is 12.7 Å². The van der Waals surface area contributed by atoms with E-state index in [1.54, 1.807) is 0 Å². The molecule has 0 spiro atoms. The third-order valence-corrected chi connectivity index (χ3v) is 1.25. The fraction of sp³-hybridized carbons (Fsp3) is 0.400. The Morgan fingerprint density at radius 1 is 2.00 bits per heavy atom. The molecular formula is C5H7NO2. The topological polar surface area (TPSA) is 49.3 Å². The number of amides is 1. The third-order valence-electron chi connectivity index (χ3n) is 1.25. The van der Waals surface area contributed by atoms with E-state index in [9.17, 15) is 4.79 Å². The van der Waals surface area contributed by atoms with E-state index < -0.39 is 5.60 Å². The Kier molecular flexibility index (Phi) is 0.877. The van der Waals surface area contributed by atoms with E-state index in [2.05, 4.69) is 11.9 Å². The van der Waals surface area contributed by atoms with Crippen molar-refractivity contribution < 1.29 is 9.90 Å². The first-order valence-electron chi connectivity index (χ1n) is 2.33. The summed E-state index contributed by atoms with van der Waals surface area (Å²) >= 11 is 0. The van der Waals surface area contributed by atoms with Gasteiger partial charge in [-0.05, 0) is 6.08 Å². The fourth-order valence-corrected chi connectivity index (χ4v) is 0.507. The molecule has 1 atom stereocenters. The van der Waals surface area contributed by atoms with Crippen molar-refractivity contribution in [2.24, 2.45) is 0 Å². The molecule has 8 heavy (non-hydrogen) atoms. The minimum atomic E-state index is -1.26. The second-order valence-corrected chi connectivity index (χ2v) is 1.81. The van der Waals surface area contributed by atoms with E-state index in [1.807, 2.05) is 0 Å². The molecule has 1 aliphatic rings. The van der Waals surface area contributed by atoms with Crippen LogP contribution < -0.4 is 5.32 Å². The average Bonchev–Trinajstić information content (AvgIpc) is 1.83. The Morgan fingerprint density at radius 2 is 2.62 bits per heavy atom. The number of hydrogen-bond donors (Lipinski definition) is 2. The van der Waals surface area contributed by atoms with Gasteiger partial charge >= 0.3 is 0 Å². The van der Waals surface area contributed by atoms with Gasteiger partial charge in [0.15, 0.2) is 5.60 Å². The Hall–Kier alpha value is -0.830. The van der Waals surface area contributed by atoms with Crippen LogP contribution in [-0.4, -0.2) is 23.2 Å². The summed E-state index contributed by atoms with van der Waals surface area (Å²) < 4.78 is 0.